The van der Waals surface area contributed by atoms with Crippen molar-refractivity contribution in [2.75, 3.05) is 46.4 Å². The molecule has 1 aromatic rings. The van der Waals surface area contributed by atoms with E-state index < -0.39 is 0 Å². The van der Waals surface area contributed by atoms with Crippen molar-refractivity contribution in [2.24, 2.45) is 10.9 Å². The molecule has 0 saturated carbocycles. The van der Waals surface area contributed by atoms with E-state index in [4.69, 9.17) is 4.74 Å². The normalized spacial score (nSPS) is 14.8. The van der Waals surface area contributed by atoms with Crippen LogP contribution < -0.4 is 5.32 Å². The van der Waals surface area contributed by atoms with Crippen LogP contribution in [0.4, 0.5) is 0 Å². The fourth-order valence-electron chi connectivity index (χ4n) is 3.41. The van der Waals surface area contributed by atoms with Crippen LogP contribution in [0.3, 0.4) is 0 Å². The van der Waals surface area contributed by atoms with Gasteiger partial charge in [0.25, 0.3) is 0 Å². The molecule has 1 aromatic carbocycles. The largest absolute Gasteiger partial charge is 0.381 e. The monoisotopic (exact) mass is 516 g/mol. The van der Waals surface area contributed by atoms with Gasteiger partial charge in [0.1, 0.15) is 6.54 Å². The van der Waals surface area contributed by atoms with Crippen LogP contribution in [-0.4, -0.2) is 68.1 Å². The van der Waals surface area contributed by atoms with Gasteiger partial charge in [0, 0.05) is 46.4 Å². The van der Waals surface area contributed by atoms with Gasteiger partial charge in [-0.05, 0) is 44.6 Å². The summed E-state index contributed by atoms with van der Waals surface area (Å²) in [6.45, 7) is 9.03. The van der Waals surface area contributed by atoms with E-state index in [1.807, 2.05) is 49.2 Å². The van der Waals surface area contributed by atoms with E-state index in [0.717, 1.165) is 63.0 Å². The fourth-order valence-corrected chi connectivity index (χ4v) is 3.41. The van der Waals surface area contributed by atoms with E-state index in [9.17, 15) is 4.79 Å². The summed E-state index contributed by atoms with van der Waals surface area (Å²) >= 11 is 0. The molecule has 29 heavy (non-hydrogen) atoms. The Morgan fingerprint density at radius 2 is 1.90 bits per heavy atom. The number of benzene rings is 1. The van der Waals surface area contributed by atoms with Gasteiger partial charge in [-0.2, -0.15) is 0 Å². The summed E-state index contributed by atoms with van der Waals surface area (Å²) < 4.78 is 5.44. The van der Waals surface area contributed by atoms with E-state index in [0.29, 0.717) is 13.1 Å². The summed E-state index contributed by atoms with van der Waals surface area (Å²) in [6.07, 6.45) is 3.42. The molecule has 1 aliphatic rings. The minimum absolute atomic E-state index is 0. The molecule has 0 bridgehead atoms. The standard InChI is InChI=1S/C22H36N4O2.HI/c1-4-23-22(25(3)14-11-19-12-15-28-16-13-19)24-17-21(27)26(5-2)18-20-9-7-6-8-10-20;/h6-10,19H,4-5,11-18H2,1-3H3,(H,23,24);1H. The molecule has 1 fully saturated rings. The molecule has 0 spiro atoms. The number of amides is 1. The molecule has 1 N–H and O–H groups in total. The molecule has 0 unspecified atom stereocenters. The highest BCUT2D eigenvalue weighted by atomic mass is 127. The molecule has 2 rings (SSSR count). The third-order valence-corrected chi connectivity index (χ3v) is 5.22. The first kappa shape index (κ1) is 25.7. The van der Waals surface area contributed by atoms with E-state index >= 15 is 0 Å². The zero-order valence-corrected chi connectivity index (χ0v) is 20.4. The molecular weight excluding hydrogens is 479 g/mol. The number of guanidine groups is 1. The number of carbonyl (C=O) groups is 1. The summed E-state index contributed by atoms with van der Waals surface area (Å²) in [7, 11) is 2.05. The summed E-state index contributed by atoms with van der Waals surface area (Å²) in [6, 6.07) is 10.1. The zero-order chi connectivity index (χ0) is 20.2. The van der Waals surface area contributed by atoms with Crippen LogP contribution >= 0.6 is 24.0 Å². The van der Waals surface area contributed by atoms with Crippen molar-refractivity contribution >= 4 is 35.8 Å². The van der Waals surface area contributed by atoms with Crippen LogP contribution in [0.1, 0.15) is 38.7 Å². The van der Waals surface area contributed by atoms with Crippen LogP contribution in [-0.2, 0) is 16.1 Å². The Bertz CT molecular complexity index is 606. The third kappa shape index (κ3) is 9.33. The highest BCUT2D eigenvalue weighted by Gasteiger charge is 2.16. The Balaban J connectivity index is 0.00000420. The first-order valence-electron chi connectivity index (χ1n) is 10.5. The molecule has 1 aliphatic heterocycles. The van der Waals surface area contributed by atoms with E-state index in [2.05, 4.69) is 22.1 Å². The number of nitrogens with one attached hydrogen (secondary N) is 1. The number of hydrogen-bond acceptors (Lipinski definition) is 3. The number of hydrogen-bond donors (Lipinski definition) is 1. The maximum absolute atomic E-state index is 12.7. The van der Waals surface area contributed by atoms with E-state index in [1.165, 1.54) is 0 Å². The van der Waals surface area contributed by atoms with Crippen LogP contribution in [0.15, 0.2) is 35.3 Å². The molecule has 6 nitrogen and oxygen atoms in total. The minimum Gasteiger partial charge on any atom is -0.381 e. The zero-order valence-electron chi connectivity index (χ0n) is 18.1. The van der Waals surface area contributed by atoms with Gasteiger partial charge in [0.15, 0.2) is 5.96 Å². The van der Waals surface area contributed by atoms with Crippen molar-refractivity contribution in [3.05, 3.63) is 35.9 Å². The average Bonchev–Trinajstić information content (AvgIpc) is 2.74. The second-order valence-electron chi connectivity index (χ2n) is 7.33. The van der Waals surface area contributed by atoms with E-state index in [-0.39, 0.29) is 36.4 Å². The lowest BCUT2D eigenvalue weighted by Gasteiger charge is -2.27. The Morgan fingerprint density at radius 1 is 1.21 bits per heavy atom. The number of ether oxygens (including phenoxy) is 1. The molecule has 1 heterocycles. The first-order chi connectivity index (χ1) is 13.6. The second-order valence-corrected chi connectivity index (χ2v) is 7.33. The van der Waals surface area contributed by atoms with Gasteiger partial charge in [-0.25, -0.2) is 4.99 Å². The Labute approximate surface area is 193 Å². The Hall–Kier alpha value is -1.35. The first-order valence-corrected chi connectivity index (χ1v) is 10.5. The molecule has 1 amide bonds. The number of aliphatic imine (C=N–C) groups is 1. The molecule has 0 atom stereocenters. The predicted octanol–water partition coefficient (Wildman–Crippen LogP) is 3.37. The maximum Gasteiger partial charge on any atom is 0.244 e. The quantitative estimate of drug-likeness (QED) is 0.311. The lowest BCUT2D eigenvalue weighted by Crippen LogP contribution is -2.41. The van der Waals surface area contributed by atoms with Crippen LogP contribution in [0.25, 0.3) is 0 Å². The number of rotatable bonds is 9. The molecule has 7 heteroatoms. The van der Waals surface area contributed by atoms with Gasteiger partial charge < -0.3 is 19.9 Å². The highest BCUT2D eigenvalue weighted by molar-refractivity contribution is 14.0. The van der Waals surface area contributed by atoms with Crippen molar-refractivity contribution in [3.8, 4) is 0 Å². The molecular formula is C22H37IN4O2. The van der Waals surface area contributed by atoms with Gasteiger partial charge >= 0.3 is 0 Å². The van der Waals surface area contributed by atoms with Gasteiger partial charge in [0.05, 0.1) is 0 Å². The number of carbonyl (C=O) groups excluding carboxylic acids is 1. The van der Waals surface area contributed by atoms with Crippen LogP contribution in [0.5, 0.6) is 0 Å². The Morgan fingerprint density at radius 3 is 2.52 bits per heavy atom. The molecule has 0 aromatic heterocycles. The number of likely N-dealkylation sites (N-methyl/N-ethyl adjacent to an activating group) is 1. The van der Waals surface area contributed by atoms with Crippen molar-refractivity contribution in [2.45, 2.75) is 39.7 Å². The molecule has 0 aliphatic carbocycles. The van der Waals surface area contributed by atoms with E-state index in [1.54, 1.807) is 0 Å². The summed E-state index contributed by atoms with van der Waals surface area (Å²) in [5.74, 6) is 1.58. The molecule has 0 radical (unpaired) electrons. The smallest absolute Gasteiger partial charge is 0.244 e. The van der Waals surface area contributed by atoms with Crippen molar-refractivity contribution < 1.29 is 9.53 Å². The molecule has 164 valence electrons. The summed E-state index contributed by atoms with van der Waals surface area (Å²) in [5, 5.41) is 3.31. The highest BCUT2D eigenvalue weighted by Crippen LogP contribution is 2.18. The summed E-state index contributed by atoms with van der Waals surface area (Å²) in [5.41, 5.74) is 1.14. The molecule has 1 saturated heterocycles. The maximum atomic E-state index is 12.7. The lowest BCUT2D eigenvalue weighted by atomic mass is 9.96. The van der Waals surface area contributed by atoms with Gasteiger partial charge in [-0.15, -0.1) is 24.0 Å². The van der Waals surface area contributed by atoms with Crippen LogP contribution in [0.2, 0.25) is 0 Å². The van der Waals surface area contributed by atoms with Crippen molar-refractivity contribution in [1.29, 1.82) is 0 Å². The SMILES string of the molecule is CCNC(=NCC(=O)N(CC)Cc1ccccc1)N(C)CCC1CCOCC1.I. The van der Waals surface area contributed by atoms with Gasteiger partial charge in [0.2, 0.25) is 5.91 Å². The van der Waals surface area contributed by atoms with Crippen molar-refractivity contribution in [3.63, 3.8) is 0 Å². The fraction of sp³-hybridized carbons (Fsp3) is 0.636. The average molecular weight is 516 g/mol. The van der Waals surface area contributed by atoms with Crippen LogP contribution in [0, 0.1) is 5.92 Å². The van der Waals surface area contributed by atoms with Crippen molar-refractivity contribution in [1.82, 2.24) is 15.1 Å². The predicted molar refractivity (Wildman–Crippen MR) is 130 cm³/mol. The number of nitrogens with zero attached hydrogens (tertiary/aromatic N) is 3. The summed E-state index contributed by atoms with van der Waals surface area (Å²) in [4.78, 5) is 21.3. The van der Waals surface area contributed by atoms with Gasteiger partial charge in [-0.1, -0.05) is 30.3 Å². The number of halogens is 1. The second kappa shape index (κ2) is 14.6. The van der Waals surface area contributed by atoms with Gasteiger partial charge in [-0.3, -0.25) is 4.79 Å². The Kier molecular flexibility index (Phi) is 12.9. The minimum atomic E-state index is 0. The topological polar surface area (TPSA) is 57.2 Å². The lowest BCUT2D eigenvalue weighted by molar-refractivity contribution is -0.130. The third-order valence-electron chi connectivity index (χ3n) is 5.22.